The second kappa shape index (κ2) is 5.09. The molecule has 15 heavy (non-hydrogen) atoms. The first-order valence-electron chi connectivity index (χ1n) is 4.37. The summed E-state index contributed by atoms with van der Waals surface area (Å²) in [5.74, 6) is 0.695. The zero-order valence-corrected chi connectivity index (χ0v) is 8.94. The van der Waals surface area contributed by atoms with Crippen molar-refractivity contribution in [3.63, 3.8) is 0 Å². The Morgan fingerprint density at radius 1 is 1.27 bits per heavy atom. The number of phenolic OH excluding ortho intramolecular Hbond substituents is 1. The number of aromatic hydroxyl groups is 1. The lowest BCUT2D eigenvalue weighted by atomic mass is 10.2. The molecule has 1 aromatic carbocycles. The lowest BCUT2D eigenvalue weighted by molar-refractivity contribution is 0.340. The zero-order valence-electron chi connectivity index (χ0n) is 8.94. The third kappa shape index (κ3) is 2.52. The number of ether oxygens (including phenoxy) is 2. The number of hydrazone groups is 1. The molecule has 0 aliphatic rings. The van der Waals surface area contributed by atoms with Crippen LogP contribution in [0.4, 0.5) is 0 Å². The highest BCUT2D eigenvalue weighted by atomic mass is 16.5. The first kappa shape index (κ1) is 11.2. The molecule has 0 aliphatic heterocycles. The normalized spacial score (nSPS) is 10.3. The van der Waals surface area contributed by atoms with Crippen LogP contribution < -0.4 is 14.9 Å². The average molecular weight is 210 g/mol. The Hall–Kier alpha value is -1.91. The molecule has 0 radical (unpaired) electrons. The van der Waals surface area contributed by atoms with Gasteiger partial charge in [0.1, 0.15) is 0 Å². The number of nitrogens with one attached hydrogen (secondary N) is 1. The molecule has 2 N–H and O–H groups in total. The summed E-state index contributed by atoms with van der Waals surface area (Å²) in [6.45, 7) is 0. The van der Waals surface area contributed by atoms with Crippen LogP contribution in [0.25, 0.3) is 0 Å². The lowest BCUT2D eigenvalue weighted by Gasteiger charge is -2.08. The predicted molar refractivity (Wildman–Crippen MR) is 57.9 cm³/mol. The first-order chi connectivity index (χ1) is 7.22. The maximum absolute atomic E-state index is 9.63. The van der Waals surface area contributed by atoms with Crippen LogP contribution >= 0.6 is 0 Å². The minimum atomic E-state index is -0.0124. The molecule has 1 rings (SSSR count). The molecule has 0 aromatic heterocycles. The Labute approximate surface area is 88.3 Å². The van der Waals surface area contributed by atoms with Gasteiger partial charge in [0.05, 0.1) is 20.4 Å². The second-order valence-electron chi connectivity index (χ2n) is 2.76. The number of benzene rings is 1. The van der Waals surface area contributed by atoms with Crippen molar-refractivity contribution in [2.45, 2.75) is 0 Å². The van der Waals surface area contributed by atoms with E-state index in [0.717, 1.165) is 5.56 Å². The Morgan fingerprint density at radius 3 is 2.20 bits per heavy atom. The van der Waals surface area contributed by atoms with E-state index in [1.807, 2.05) is 0 Å². The number of hydrogen-bond donors (Lipinski definition) is 2. The van der Waals surface area contributed by atoms with Crippen LogP contribution in [-0.4, -0.2) is 32.6 Å². The van der Waals surface area contributed by atoms with Gasteiger partial charge in [0.15, 0.2) is 11.5 Å². The van der Waals surface area contributed by atoms with Crippen molar-refractivity contribution < 1.29 is 14.6 Å². The first-order valence-corrected chi connectivity index (χ1v) is 4.37. The third-order valence-corrected chi connectivity index (χ3v) is 1.84. The van der Waals surface area contributed by atoms with Crippen molar-refractivity contribution in [2.24, 2.45) is 5.10 Å². The maximum atomic E-state index is 9.63. The summed E-state index contributed by atoms with van der Waals surface area (Å²) in [6, 6.07) is 3.33. The minimum Gasteiger partial charge on any atom is -0.502 e. The van der Waals surface area contributed by atoms with Gasteiger partial charge in [-0.05, 0) is 12.1 Å². The van der Waals surface area contributed by atoms with Gasteiger partial charge in [-0.25, -0.2) is 0 Å². The van der Waals surface area contributed by atoms with Gasteiger partial charge in [-0.15, -0.1) is 0 Å². The van der Waals surface area contributed by atoms with Gasteiger partial charge in [0, 0.05) is 12.6 Å². The fraction of sp³-hybridized carbons (Fsp3) is 0.300. The molecular formula is C10H14N2O3. The summed E-state index contributed by atoms with van der Waals surface area (Å²) < 4.78 is 9.99. The largest absolute Gasteiger partial charge is 0.502 e. The predicted octanol–water partition coefficient (Wildman–Crippen LogP) is 0.963. The lowest BCUT2D eigenvalue weighted by Crippen LogP contribution is -1.96. The Balaban J connectivity index is 3.14. The summed E-state index contributed by atoms with van der Waals surface area (Å²) >= 11 is 0. The van der Waals surface area contributed by atoms with Crippen LogP contribution in [0.1, 0.15) is 5.56 Å². The van der Waals surface area contributed by atoms with Gasteiger partial charge in [-0.3, -0.25) is 0 Å². The maximum Gasteiger partial charge on any atom is 0.200 e. The van der Waals surface area contributed by atoms with Crippen LogP contribution in [0.15, 0.2) is 17.2 Å². The topological polar surface area (TPSA) is 63.1 Å². The molecule has 82 valence electrons. The number of nitrogens with zero attached hydrogens (tertiary/aromatic N) is 1. The van der Waals surface area contributed by atoms with Gasteiger partial charge in [0.25, 0.3) is 0 Å². The summed E-state index contributed by atoms with van der Waals surface area (Å²) in [4.78, 5) is 0. The van der Waals surface area contributed by atoms with E-state index in [1.54, 1.807) is 25.4 Å². The minimum absolute atomic E-state index is 0.0124. The van der Waals surface area contributed by atoms with Crippen LogP contribution in [0.3, 0.4) is 0 Å². The standard InChI is InChI=1S/C10H14N2O3/c1-11-12-6-7-4-8(14-2)10(13)9(5-7)15-3/h4-6,11,13H,1-3H3/b12-6+. The molecule has 0 amide bonds. The van der Waals surface area contributed by atoms with Crippen molar-refractivity contribution in [3.8, 4) is 17.2 Å². The molecule has 5 heteroatoms. The van der Waals surface area contributed by atoms with E-state index < -0.39 is 0 Å². The molecule has 1 aromatic rings. The van der Waals surface area contributed by atoms with E-state index in [1.165, 1.54) is 14.2 Å². The molecule has 0 bridgehead atoms. The molecule has 0 saturated heterocycles. The highest BCUT2D eigenvalue weighted by molar-refractivity contribution is 5.82. The number of rotatable bonds is 4. The van der Waals surface area contributed by atoms with E-state index in [9.17, 15) is 5.11 Å². The van der Waals surface area contributed by atoms with Crippen LogP contribution in [0, 0.1) is 0 Å². The molecular weight excluding hydrogens is 196 g/mol. The van der Waals surface area contributed by atoms with Crippen molar-refractivity contribution >= 4 is 6.21 Å². The number of hydrogen-bond acceptors (Lipinski definition) is 5. The van der Waals surface area contributed by atoms with Crippen LogP contribution in [-0.2, 0) is 0 Å². The van der Waals surface area contributed by atoms with Crippen LogP contribution in [0.5, 0.6) is 17.2 Å². The van der Waals surface area contributed by atoms with Gasteiger partial charge in [-0.1, -0.05) is 0 Å². The Bertz CT molecular complexity index is 339. The quantitative estimate of drug-likeness (QED) is 0.574. The van der Waals surface area contributed by atoms with Crippen molar-refractivity contribution in [3.05, 3.63) is 17.7 Å². The van der Waals surface area contributed by atoms with E-state index in [0.29, 0.717) is 11.5 Å². The molecule has 0 saturated carbocycles. The van der Waals surface area contributed by atoms with Crippen molar-refractivity contribution in [1.29, 1.82) is 0 Å². The summed E-state index contributed by atoms with van der Waals surface area (Å²) in [7, 11) is 4.66. The smallest absolute Gasteiger partial charge is 0.200 e. The molecule has 5 nitrogen and oxygen atoms in total. The Kier molecular flexibility index (Phi) is 3.79. The average Bonchev–Trinajstić information content (AvgIpc) is 2.27. The van der Waals surface area contributed by atoms with Gasteiger partial charge in [-0.2, -0.15) is 5.10 Å². The molecule has 0 fully saturated rings. The van der Waals surface area contributed by atoms with Crippen LogP contribution in [0.2, 0.25) is 0 Å². The number of phenols is 1. The molecule has 0 heterocycles. The van der Waals surface area contributed by atoms with Crippen molar-refractivity contribution in [1.82, 2.24) is 5.43 Å². The van der Waals surface area contributed by atoms with Gasteiger partial charge >= 0.3 is 0 Å². The van der Waals surface area contributed by atoms with Crippen molar-refractivity contribution in [2.75, 3.05) is 21.3 Å². The van der Waals surface area contributed by atoms with E-state index in [4.69, 9.17) is 9.47 Å². The molecule has 0 aliphatic carbocycles. The fourth-order valence-corrected chi connectivity index (χ4v) is 1.13. The summed E-state index contributed by atoms with van der Waals surface area (Å²) in [5.41, 5.74) is 3.40. The molecule has 0 atom stereocenters. The summed E-state index contributed by atoms with van der Waals surface area (Å²) in [5, 5.41) is 13.5. The van der Waals surface area contributed by atoms with E-state index in [2.05, 4.69) is 10.5 Å². The SMILES string of the molecule is CN/N=C/c1cc(OC)c(O)c(OC)c1. The third-order valence-electron chi connectivity index (χ3n) is 1.84. The van der Waals surface area contributed by atoms with E-state index in [-0.39, 0.29) is 5.75 Å². The fourth-order valence-electron chi connectivity index (χ4n) is 1.13. The monoisotopic (exact) mass is 210 g/mol. The highest BCUT2D eigenvalue weighted by Crippen LogP contribution is 2.36. The zero-order chi connectivity index (χ0) is 11.3. The highest BCUT2D eigenvalue weighted by Gasteiger charge is 2.09. The van der Waals surface area contributed by atoms with Gasteiger partial charge in [0.2, 0.25) is 5.75 Å². The van der Waals surface area contributed by atoms with E-state index >= 15 is 0 Å². The second-order valence-corrected chi connectivity index (χ2v) is 2.76. The summed E-state index contributed by atoms with van der Waals surface area (Å²) in [6.07, 6.45) is 1.60. The molecule has 0 spiro atoms. The Morgan fingerprint density at radius 2 is 1.80 bits per heavy atom. The van der Waals surface area contributed by atoms with Gasteiger partial charge < -0.3 is 20.0 Å². The molecule has 0 unspecified atom stereocenters. The number of methoxy groups -OCH3 is 2.